The van der Waals surface area contributed by atoms with E-state index in [-0.39, 0.29) is 6.10 Å². The summed E-state index contributed by atoms with van der Waals surface area (Å²) in [5, 5.41) is 18.5. The molecule has 0 aliphatic heterocycles. The van der Waals surface area contributed by atoms with Gasteiger partial charge in [0.05, 0.1) is 6.10 Å². The molecule has 1 unspecified atom stereocenters. The van der Waals surface area contributed by atoms with E-state index in [0.29, 0.717) is 5.75 Å². The maximum atomic E-state index is 9.38. The molecule has 0 bridgehead atoms. The van der Waals surface area contributed by atoms with Crippen LogP contribution in [-0.4, -0.2) is 10.2 Å². The van der Waals surface area contributed by atoms with Crippen molar-refractivity contribution in [2.75, 3.05) is 0 Å². The molecule has 0 aromatic heterocycles. The maximum Gasteiger partial charge on any atom is 0.115 e. The molecule has 20 heavy (non-hydrogen) atoms. The van der Waals surface area contributed by atoms with Gasteiger partial charge in [-0.25, -0.2) is 0 Å². The summed E-state index contributed by atoms with van der Waals surface area (Å²) in [6.07, 6.45) is 5.32. The third-order valence-electron chi connectivity index (χ3n) is 4.18. The first-order chi connectivity index (χ1) is 9.74. The van der Waals surface area contributed by atoms with Gasteiger partial charge in [0.15, 0.2) is 0 Å². The Hall–Kier alpha value is -1.80. The molecule has 4 rings (SSSR count). The molecule has 104 valence electrons. The van der Waals surface area contributed by atoms with E-state index in [1.807, 2.05) is 30.3 Å². The van der Waals surface area contributed by atoms with Crippen LogP contribution < -0.4 is 0 Å². The van der Waals surface area contributed by atoms with Gasteiger partial charge in [-0.3, -0.25) is 0 Å². The van der Waals surface area contributed by atoms with Crippen LogP contribution >= 0.6 is 0 Å². The average molecular weight is 268 g/mol. The summed E-state index contributed by atoms with van der Waals surface area (Å²) in [6, 6.07) is 13.8. The van der Waals surface area contributed by atoms with Gasteiger partial charge >= 0.3 is 0 Å². The van der Waals surface area contributed by atoms with Gasteiger partial charge in [0.2, 0.25) is 0 Å². The minimum atomic E-state index is -0.198. The second kappa shape index (κ2) is 5.68. The molecule has 0 fully saturated rings. The van der Waals surface area contributed by atoms with Crippen LogP contribution in [0.1, 0.15) is 41.2 Å². The quantitative estimate of drug-likeness (QED) is 0.767. The minimum absolute atomic E-state index is 0.198. The summed E-state index contributed by atoms with van der Waals surface area (Å²) in [5.74, 6) is 0.403. The Morgan fingerprint density at radius 1 is 0.850 bits per heavy atom. The lowest BCUT2D eigenvalue weighted by atomic mass is 10.1. The summed E-state index contributed by atoms with van der Waals surface area (Å²) in [6.45, 7) is 0. The van der Waals surface area contributed by atoms with Crippen molar-refractivity contribution in [1.29, 1.82) is 0 Å². The third kappa shape index (κ3) is 2.70. The number of aryl methyl sites for hydroxylation is 3. The fraction of sp³-hybridized carbons (Fsp3) is 0.333. The molecule has 0 radical (unpaired) electrons. The Morgan fingerprint density at radius 2 is 1.65 bits per heavy atom. The van der Waals surface area contributed by atoms with Crippen molar-refractivity contribution in [2.24, 2.45) is 0 Å². The summed E-state index contributed by atoms with van der Waals surface area (Å²) >= 11 is 0. The van der Waals surface area contributed by atoms with E-state index in [9.17, 15) is 5.11 Å². The van der Waals surface area contributed by atoms with E-state index in [1.54, 1.807) is 6.07 Å². The molecular formula is C18H20O2. The van der Waals surface area contributed by atoms with Crippen molar-refractivity contribution in [2.45, 2.75) is 38.2 Å². The highest BCUT2D eigenvalue weighted by Crippen LogP contribution is 2.29. The van der Waals surface area contributed by atoms with Crippen LogP contribution in [0.5, 0.6) is 5.75 Å². The van der Waals surface area contributed by atoms with Gasteiger partial charge in [-0.1, -0.05) is 30.3 Å². The molecule has 2 nitrogen and oxygen atoms in total. The zero-order valence-corrected chi connectivity index (χ0v) is 11.5. The van der Waals surface area contributed by atoms with Gasteiger partial charge in [-0.2, -0.15) is 0 Å². The molecule has 0 amide bonds. The number of benzene rings is 2. The van der Waals surface area contributed by atoms with Crippen LogP contribution in [0.3, 0.4) is 0 Å². The van der Waals surface area contributed by atoms with Gasteiger partial charge in [0.1, 0.15) is 5.75 Å². The highest BCUT2D eigenvalue weighted by atomic mass is 16.3. The second-order valence-electron chi connectivity index (χ2n) is 5.56. The lowest BCUT2D eigenvalue weighted by molar-refractivity contribution is 0.180. The maximum absolute atomic E-state index is 9.38. The Labute approximate surface area is 119 Å². The highest BCUT2D eigenvalue weighted by molar-refractivity contribution is 5.37. The zero-order valence-electron chi connectivity index (χ0n) is 11.5. The molecule has 0 saturated heterocycles. The number of aromatic hydroxyl groups is 1. The second-order valence-corrected chi connectivity index (χ2v) is 5.56. The van der Waals surface area contributed by atoms with Crippen LogP contribution in [0.15, 0.2) is 42.5 Å². The van der Waals surface area contributed by atoms with Crippen molar-refractivity contribution in [3.8, 4) is 5.75 Å². The fourth-order valence-electron chi connectivity index (χ4n) is 3.09. The van der Waals surface area contributed by atoms with Crippen LogP contribution in [0.2, 0.25) is 0 Å². The number of hydrogen-bond donors (Lipinski definition) is 2. The molecule has 0 heterocycles. The Kier molecular flexibility index (Phi) is 3.75. The van der Waals surface area contributed by atoms with Crippen LogP contribution in [0.4, 0.5) is 0 Å². The molecule has 2 aromatic carbocycles. The smallest absolute Gasteiger partial charge is 0.115 e. The van der Waals surface area contributed by atoms with E-state index in [0.717, 1.165) is 24.8 Å². The number of hydrogen-bond acceptors (Lipinski definition) is 2. The molecule has 2 aliphatic rings. The zero-order chi connectivity index (χ0) is 13.9. The first-order valence-electron chi connectivity index (χ1n) is 7.30. The number of aliphatic hydroxyl groups is 1. The predicted molar refractivity (Wildman–Crippen MR) is 79.9 cm³/mol. The Balaban J connectivity index is 0.000000121. The van der Waals surface area contributed by atoms with Crippen molar-refractivity contribution in [1.82, 2.24) is 0 Å². The van der Waals surface area contributed by atoms with E-state index in [4.69, 9.17) is 5.11 Å². The van der Waals surface area contributed by atoms with Crippen LogP contribution in [0, 0.1) is 0 Å². The lowest BCUT2D eigenvalue weighted by Crippen LogP contribution is -1.88. The van der Waals surface area contributed by atoms with Crippen molar-refractivity contribution >= 4 is 0 Å². The van der Waals surface area contributed by atoms with Crippen molar-refractivity contribution < 1.29 is 10.2 Å². The van der Waals surface area contributed by atoms with Gasteiger partial charge in [-0.05, 0) is 66.5 Å². The molecule has 2 aromatic rings. The van der Waals surface area contributed by atoms with E-state index in [2.05, 4.69) is 6.07 Å². The van der Waals surface area contributed by atoms with Crippen molar-refractivity contribution in [3.63, 3.8) is 0 Å². The number of aliphatic hydroxyl groups excluding tert-OH is 1. The lowest BCUT2D eigenvalue weighted by Gasteiger charge is -2.00. The topological polar surface area (TPSA) is 40.5 Å². The Bertz CT molecular complexity index is 604. The average Bonchev–Trinajstić information content (AvgIpc) is 3.07. The number of rotatable bonds is 0. The van der Waals surface area contributed by atoms with Gasteiger partial charge in [-0.15, -0.1) is 0 Å². The number of phenols is 1. The SMILES string of the molecule is OC1CCc2ccccc21.Oc1ccc2c(c1)CCC2. The molecule has 2 heteroatoms. The molecule has 0 saturated carbocycles. The summed E-state index contributed by atoms with van der Waals surface area (Å²) in [7, 11) is 0. The standard InChI is InChI=1S/2C9H10O/c10-9-5-4-7-2-1-3-8(7)6-9;10-9-6-5-7-3-1-2-4-8(7)9/h4-6,10H,1-3H2;1-4,9-10H,5-6H2. The first kappa shape index (κ1) is 13.2. The predicted octanol–water partition coefficient (Wildman–Crippen LogP) is 3.55. The highest BCUT2D eigenvalue weighted by Gasteiger charge is 2.18. The van der Waals surface area contributed by atoms with Gasteiger partial charge in [0, 0.05) is 0 Å². The van der Waals surface area contributed by atoms with Crippen LogP contribution in [-0.2, 0) is 19.3 Å². The molecule has 1 atom stereocenters. The van der Waals surface area contributed by atoms with E-state index in [1.165, 1.54) is 29.5 Å². The van der Waals surface area contributed by atoms with E-state index >= 15 is 0 Å². The molecule has 2 aliphatic carbocycles. The number of phenolic OH excluding ortho intramolecular Hbond substituents is 1. The largest absolute Gasteiger partial charge is 0.508 e. The minimum Gasteiger partial charge on any atom is -0.508 e. The molecule has 2 N–H and O–H groups in total. The third-order valence-corrected chi connectivity index (χ3v) is 4.18. The molecular weight excluding hydrogens is 248 g/mol. The van der Waals surface area contributed by atoms with Gasteiger partial charge < -0.3 is 10.2 Å². The van der Waals surface area contributed by atoms with Gasteiger partial charge in [0.25, 0.3) is 0 Å². The number of fused-ring (bicyclic) bond motifs is 2. The summed E-state index contributed by atoms with van der Waals surface area (Å²) in [4.78, 5) is 0. The summed E-state index contributed by atoms with van der Waals surface area (Å²) < 4.78 is 0. The Morgan fingerprint density at radius 3 is 2.50 bits per heavy atom. The monoisotopic (exact) mass is 268 g/mol. The summed E-state index contributed by atoms with van der Waals surface area (Å²) in [5.41, 5.74) is 5.19. The molecule has 0 spiro atoms. The van der Waals surface area contributed by atoms with E-state index < -0.39 is 0 Å². The van der Waals surface area contributed by atoms with Crippen molar-refractivity contribution in [3.05, 3.63) is 64.7 Å². The fourth-order valence-corrected chi connectivity index (χ4v) is 3.09. The van der Waals surface area contributed by atoms with Crippen LogP contribution in [0.25, 0.3) is 0 Å². The first-order valence-corrected chi connectivity index (χ1v) is 7.30. The normalized spacial score (nSPS) is 18.9.